The fourth-order valence-corrected chi connectivity index (χ4v) is 6.77. The van der Waals surface area contributed by atoms with Crippen molar-refractivity contribution in [1.29, 1.82) is 0 Å². The summed E-state index contributed by atoms with van der Waals surface area (Å²) < 4.78 is 4.82. The number of ether oxygens (including phenoxy) is 1. The van der Waals surface area contributed by atoms with Gasteiger partial charge in [0.2, 0.25) is 0 Å². The lowest BCUT2D eigenvalue weighted by molar-refractivity contribution is -0.919. The number of piperidine rings is 1. The Morgan fingerprint density at radius 1 is 1.00 bits per heavy atom. The van der Waals surface area contributed by atoms with Gasteiger partial charge in [-0.05, 0) is 63.2 Å². The zero-order valence-electron chi connectivity index (χ0n) is 17.1. The number of hydrogen-bond acceptors (Lipinski definition) is 4. The van der Waals surface area contributed by atoms with Gasteiger partial charge in [-0.25, -0.2) is 4.79 Å². The summed E-state index contributed by atoms with van der Waals surface area (Å²) in [4.78, 5) is 38.0. The molecule has 0 spiro atoms. The predicted molar refractivity (Wildman–Crippen MR) is 102 cm³/mol. The topological polar surface area (TPSA) is 88.9 Å². The molecule has 5 aliphatic rings. The van der Waals surface area contributed by atoms with Crippen LogP contribution in [0.4, 0.5) is 4.79 Å². The largest absolute Gasteiger partial charge is 0.469 e. The van der Waals surface area contributed by atoms with Gasteiger partial charge in [0.1, 0.15) is 0 Å². The van der Waals surface area contributed by atoms with Crippen LogP contribution in [0.5, 0.6) is 0 Å². The summed E-state index contributed by atoms with van der Waals surface area (Å²) in [7, 11) is 1.42. The van der Waals surface area contributed by atoms with Crippen LogP contribution in [0.2, 0.25) is 0 Å². The van der Waals surface area contributed by atoms with Crippen molar-refractivity contribution in [2.75, 3.05) is 20.2 Å². The van der Waals surface area contributed by atoms with Crippen LogP contribution in [0.3, 0.4) is 0 Å². The molecule has 1 atom stereocenters. The molecule has 0 aromatic rings. The van der Waals surface area contributed by atoms with Crippen LogP contribution in [0.15, 0.2) is 0 Å². The van der Waals surface area contributed by atoms with E-state index in [9.17, 15) is 14.4 Å². The summed E-state index contributed by atoms with van der Waals surface area (Å²) >= 11 is 0. The maximum Gasteiger partial charge on any atom is 0.322 e. The first-order valence-corrected chi connectivity index (χ1v) is 10.9. The maximum atomic E-state index is 12.6. The van der Waals surface area contributed by atoms with Crippen molar-refractivity contribution in [2.45, 2.75) is 69.9 Å². The molecular formula is C21H34N3O4+. The monoisotopic (exact) mass is 392 g/mol. The molecule has 1 aliphatic heterocycles. The number of imide groups is 1. The molecule has 0 aromatic carbocycles. The quantitative estimate of drug-likeness (QED) is 0.613. The van der Waals surface area contributed by atoms with Gasteiger partial charge in [-0.1, -0.05) is 0 Å². The lowest BCUT2D eigenvalue weighted by Crippen LogP contribution is -3.17. The first kappa shape index (κ1) is 19.7. The van der Waals surface area contributed by atoms with Crippen molar-refractivity contribution in [2.24, 2.45) is 23.7 Å². The molecule has 3 amide bonds. The number of urea groups is 1. The van der Waals surface area contributed by atoms with Gasteiger partial charge < -0.3 is 15.0 Å². The summed E-state index contributed by atoms with van der Waals surface area (Å²) in [5.41, 5.74) is -0.0892. The Labute approximate surface area is 166 Å². The number of methoxy groups -OCH3 is 1. The SMILES string of the molecule is COC(=O)C1CC[NH+]([C@H](C)C(=O)NC(=O)NC23CC4CC(CC(C4)C2)C3)CC1. The van der Waals surface area contributed by atoms with Crippen LogP contribution >= 0.6 is 0 Å². The van der Waals surface area contributed by atoms with E-state index in [2.05, 4.69) is 10.6 Å². The van der Waals surface area contributed by atoms with E-state index in [-0.39, 0.29) is 35.4 Å². The molecule has 1 heterocycles. The summed E-state index contributed by atoms with van der Waals surface area (Å²) in [6.45, 7) is 3.34. The smallest absolute Gasteiger partial charge is 0.322 e. The average Bonchev–Trinajstić information content (AvgIpc) is 2.65. The van der Waals surface area contributed by atoms with Crippen LogP contribution in [0.25, 0.3) is 0 Å². The number of amides is 3. The van der Waals surface area contributed by atoms with Crippen LogP contribution < -0.4 is 15.5 Å². The Kier molecular flexibility index (Phi) is 5.38. The van der Waals surface area contributed by atoms with Gasteiger partial charge in [0.15, 0.2) is 6.04 Å². The van der Waals surface area contributed by atoms with Crippen molar-refractivity contribution >= 4 is 17.9 Å². The molecule has 7 heteroatoms. The number of nitrogens with one attached hydrogen (secondary N) is 3. The predicted octanol–water partition coefficient (Wildman–Crippen LogP) is 0.637. The number of likely N-dealkylation sites (tertiary alicyclic amines) is 1. The first-order chi connectivity index (χ1) is 13.4. The second kappa shape index (κ2) is 7.65. The molecule has 156 valence electrons. The number of carbonyl (C=O) groups excluding carboxylic acids is 3. The van der Waals surface area contributed by atoms with Gasteiger partial charge in [0.05, 0.1) is 26.1 Å². The van der Waals surface area contributed by atoms with Gasteiger partial charge in [0.25, 0.3) is 5.91 Å². The molecule has 5 rings (SSSR count). The average molecular weight is 393 g/mol. The minimum atomic E-state index is -0.331. The molecule has 28 heavy (non-hydrogen) atoms. The van der Waals surface area contributed by atoms with Crippen molar-refractivity contribution in [3.05, 3.63) is 0 Å². The van der Waals surface area contributed by atoms with Crippen LogP contribution in [0.1, 0.15) is 58.3 Å². The fraction of sp³-hybridized carbons (Fsp3) is 0.857. The molecule has 0 aromatic heterocycles. The third kappa shape index (κ3) is 3.91. The summed E-state index contributed by atoms with van der Waals surface area (Å²) in [5.74, 6) is 1.80. The van der Waals surface area contributed by atoms with Crippen LogP contribution in [-0.4, -0.2) is 49.7 Å². The molecule has 4 saturated carbocycles. The van der Waals surface area contributed by atoms with Gasteiger partial charge in [-0.3, -0.25) is 14.9 Å². The summed E-state index contributed by atoms with van der Waals surface area (Å²) in [6.07, 6.45) is 8.63. The minimum absolute atomic E-state index is 0.0663. The third-order valence-corrected chi connectivity index (χ3v) is 7.82. The zero-order chi connectivity index (χ0) is 19.9. The van der Waals surface area contributed by atoms with E-state index in [0.717, 1.165) is 67.8 Å². The highest BCUT2D eigenvalue weighted by molar-refractivity contribution is 5.96. The van der Waals surface area contributed by atoms with Gasteiger partial charge in [0, 0.05) is 18.4 Å². The molecular weight excluding hydrogens is 358 g/mol. The minimum Gasteiger partial charge on any atom is -0.469 e. The van der Waals surface area contributed by atoms with Crippen molar-refractivity contribution in [3.8, 4) is 0 Å². The third-order valence-electron chi connectivity index (χ3n) is 7.82. The highest BCUT2D eigenvalue weighted by atomic mass is 16.5. The number of carbonyl (C=O) groups is 3. The van der Waals surface area contributed by atoms with Gasteiger partial charge in [-0.15, -0.1) is 0 Å². The summed E-state index contributed by atoms with van der Waals surface area (Å²) in [6, 6.07) is -0.636. The molecule has 4 aliphatic carbocycles. The Morgan fingerprint density at radius 3 is 2.04 bits per heavy atom. The van der Waals surface area contributed by atoms with Gasteiger partial charge in [-0.2, -0.15) is 0 Å². The Bertz CT molecular complexity index is 606. The lowest BCUT2D eigenvalue weighted by atomic mass is 9.53. The van der Waals surface area contributed by atoms with E-state index < -0.39 is 0 Å². The van der Waals surface area contributed by atoms with Gasteiger partial charge >= 0.3 is 12.0 Å². The number of hydrogen-bond donors (Lipinski definition) is 3. The van der Waals surface area contributed by atoms with E-state index in [1.165, 1.54) is 26.4 Å². The molecule has 4 bridgehead atoms. The van der Waals surface area contributed by atoms with Crippen LogP contribution in [-0.2, 0) is 14.3 Å². The highest BCUT2D eigenvalue weighted by Crippen LogP contribution is 2.55. The molecule has 3 N–H and O–H groups in total. The Hall–Kier alpha value is -1.63. The lowest BCUT2D eigenvalue weighted by Gasteiger charge is -2.56. The molecule has 0 radical (unpaired) electrons. The highest BCUT2D eigenvalue weighted by Gasteiger charge is 2.51. The standard InChI is InChI=1S/C21H33N3O4/c1-13(24-5-3-17(4-6-24)19(26)28-2)18(25)22-20(27)23-21-10-14-7-15(11-21)9-16(8-14)12-21/h13-17H,3-12H2,1-2H3,(H2,22,23,25,27)/p+1/t13-,14?,15?,16?,21?/m1/s1. The number of rotatable bonds is 4. The Morgan fingerprint density at radius 2 is 1.54 bits per heavy atom. The van der Waals surface area contributed by atoms with Crippen molar-refractivity contribution in [3.63, 3.8) is 0 Å². The maximum absolute atomic E-state index is 12.6. The van der Waals surface area contributed by atoms with Crippen LogP contribution in [0, 0.1) is 23.7 Å². The summed E-state index contributed by atoms with van der Waals surface area (Å²) in [5, 5.41) is 5.80. The van der Waals surface area contributed by atoms with E-state index in [1.807, 2.05) is 6.92 Å². The van der Waals surface area contributed by atoms with E-state index in [1.54, 1.807) is 0 Å². The fourth-order valence-electron chi connectivity index (χ4n) is 6.77. The molecule has 5 fully saturated rings. The Balaban J connectivity index is 1.27. The van der Waals surface area contributed by atoms with E-state index >= 15 is 0 Å². The van der Waals surface area contributed by atoms with E-state index in [4.69, 9.17) is 4.74 Å². The van der Waals surface area contributed by atoms with Crippen molar-refractivity contribution in [1.82, 2.24) is 10.6 Å². The molecule has 0 unspecified atom stereocenters. The number of esters is 1. The molecule has 1 saturated heterocycles. The normalized spacial score (nSPS) is 39.9. The zero-order valence-corrected chi connectivity index (χ0v) is 17.1. The van der Waals surface area contributed by atoms with Crippen molar-refractivity contribution < 1.29 is 24.0 Å². The number of quaternary nitrogens is 1. The second-order valence-electron chi connectivity index (χ2n) is 9.82. The second-order valence-corrected chi connectivity index (χ2v) is 9.82. The first-order valence-electron chi connectivity index (χ1n) is 10.9. The molecule has 7 nitrogen and oxygen atoms in total. The van der Waals surface area contributed by atoms with E-state index in [0.29, 0.717) is 0 Å².